The molecule has 0 bridgehead atoms. The van der Waals surface area contributed by atoms with Crippen LogP contribution in [-0.2, 0) is 22.6 Å². The first-order valence-electron chi connectivity index (χ1n) is 8.96. The highest BCUT2D eigenvalue weighted by molar-refractivity contribution is 7.91. The average molecular weight is 394 g/mol. The van der Waals surface area contributed by atoms with E-state index >= 15 is 0 Å². The Morgan fingerprint density at radius 3 is 2.44 bits per heavy atom. The highest BCUT2D eigenvalue weighted by atomic mass is 32.2. The zero-order valence-electron chi connectivity index (χ0n) is 16.7. The molecule has 0 radical (unpaired) electrons. The molecule has 2 aromatic rings. The van der Waals surface area contributed by atoms with Crippen LogP contribution >= 0.6 is 0 Å². The third-order valence-corrected chi connectivity index (χ3v) is 6.47. The van der Waals surface area contributed by atoms with Crippen molar-refractivity contribution in [3.05, 3.63) is 39.4 Å². The molecule has 27 heavy (non-hydrogen) atoms. The van der Waals surface area contributed by atoms with Gasteiger partial charge in [-0.25, -0.2) is 8.42 Å². The Labute approximate surface area is 160 Å². The first-order valence-corrected chi connectivity index (χ1v) is 10.7. The van der Waals surface area contributed by atoms with Gasteiger partial charge in [0.25, 0.3) is 5.56 Å². The number of ether oxygens (including phenoxy) is 1. The number of rotatable bonds is 7. The molecular weight excluding hydrogens is 366 g/mol. The summed E-state index contributed by atoms with van der Waals surface area (Å²) in [5.41, 5.74) is 2.88. The largest absolute Gasteiger partial charge is 0.463 e. The molecule has 2 heterocycles. The molecule has 0 saturated heterocycles. The summed E-state index contributed by atoms with van der Waals surface area (Å²) < 4.78 is 31.9. The molecule has 0 amide bonds. The summed E-state index contributed by atoms with van der Waals surface area (Å²) in [6.07, 6.45) is 2.47. The van der Waals surface area contributed by atoms with E-state index in [1.54, 1.807) is 47.0 Å². The summed E-state index contributed by atoms with van der Waals surface area (Å²) >= 11 is 0. The number of pyridine rings is 1. The summed E-state index contributed by atoms with van der Waals surface area (Å²) in [7, 11) is -1.66. The highest BCUT2D eigenvalue weighted by Gasteiger charge is 2.22. The summed E-state index contributed by atoms with van der Waals surface area (Å²) in [6, 6.07) is 1.90. The van der Waals surface area contributed by atoms with Gasteiger partial charge in [0.15, 0.2) is 9.84 Å². The molecule has 0 aliphatic heterocycles. The van der Waals surface area contributed by atoms with Crippen LogP contribution in [0.15, 0.2) is 17.1 Å². The van der Waals surface area contributed by atoms with Crippen molar-refractivity contribution in [3.8, 4) is 17.3 Å². The fraction of sp³-hybridized carbons (Fsp3) is 0.526. The van der Waals surface area contributed by atoms with Gasteiger partial charge in [-0.3, -0.25) is 4.79 Å². The molecule has 0 N–H and O–H groups in total. The van der Waals surface area contributed by atoms with Gasteiger partial charge in [-0.05, 0) is 45.7 Å². The molecule has 0 aliphatic rings. The number of aromatic nitrogens is 3. The van der Waals surface area contributed by atoms with Gasteiger partial charge < -0.3 is 9.30 Å². The predicted molar refractivity (Wildman–Crippen MR) is 106 cm³/mol. The number of sulfone groups is 1. The van der Waals surface area contributed by atoms with Crippen LogP contribution in [0.3, 0.4) is 0 Å². The maximum Gasteiger partial charge on any atom is 0.317 e. The molecule has 0 atom stereocenters. The van der Waals surface area contributed by atoms with E-state index in [1.807, 2.05) is 6.92 Å². The lowest BCUT2D eigenvalue weighted by atomic mass is 10.1. The Hall–Kier alpha value is -2.22. The smallest absolute Gasteiger partial charge is 0.317 e. The van der Waals surface area contributed by atoms with Gasteiger partial charge in [0.2, 0.25) is 0 Å². The van der Waals surface area contributed by atoms with Crippen LogP contribution in [0.4, 0.5) is 0 Å². The van der Waals surface area contributed by atoms with E-state index in [0.29, 0.717) is 29.1 Å². The zero-order valence-corrected chi connectivity index (χ0v) is 17.6. The maximum atomic E-state index is 12.4. The second-order valence-corrected chi connectivity index (χ2v) is 9.52. The van der Waals surface area contributed by atoms with Crippen molar-refractivity contribution in [2.45, 2.75) is 52.0 Å². The predicted octanol–water partition coefficient (Wildman–Crippen LogP) is 2.57. The summed E-state index contributed by atoms with van der Waals surface area (Å²) in [5, 5.41) is -0.505. The molecule has 2 rings (SSSR count). The first kappa shape index (κ1) is 21.1. The fourth-order valence-corrected chi connectivity index (χ4v) is 3.58. The van der Waals surface area contributed by atoms with Crippen LogP contribution in [0.1, 0.15) is 44.0 Å². The van der Waals surface area contributed by atoms with Gasteiger partial charge in [-0.1, -0.05) is 6.92 Å². The molecule has 0 saturated carbocycles. The molecule has 148 valence electrons. The van der Waals surface area contributed by atoms with Crippen molar-refractivity contribution in [1.29, 1.82) is 0 Å². The normalized spacial score (nSPS) is 11.8. The minimum atomic E-state index is -3.33. The molecule has 0 aliphatic carbocycles. The second kappa shape index (κ2) is 8.21. The Bertz CT molecular complexity index is 968. The van der Waals surface area contributed by atoms with Crippen LogP contribution in [0, 0.1) is 13.8 Å². The van der Waals surface area contributed by atoms with Gasteiger partial charge in [0.1, 0.15) is 0 Å². The first-order chi connectivity index (χ1) is 12.6. The third-order valence-electron chi connectivity index (χ3n) is 4.35. The maximum absolute atomic E-state index is 12.4. The van der Waals surface area contributed by atoms with E-state index in [-0.39, 0.29) is 17.3 Å². The highest BCUT2D eigenvalue weighted by Crippen LogP contribution is 2.27. The molecular formula is C19H27N3O4S. The summed E-state index contributed by atoms with van der Waals surface area (Å²) in [5.74, 6) is -0.181. The van der Waals surface area contributed by atoms with Gasteiger partial charge in [-0.2, -0.15) is 9.97 Å². The van der Waals surface area contributed by atoms with Crippen LogP contribution in [-0.4, -0.2) is 34.8 Å². The molecule has 0 unspecified atom stereocenters. The van der Waals surface area contributed by atoms with Crippen molar-refractivity contribution in [2.24, 2.45) is 7.05 Å². The van der Waals surface area contributed by atoms with Gasteiger partial charge in [-0.15, -0.1) is 0 Å². The van der Waals surface area contributed by atoms with Gasteiger partial charge >= 0.3 is 6.01 Å². The molecule has 2 aromatic heterocycles. The number of aryl methyl sites for hydroxylation is 2. The van der Waals surface area contributed by atoms with Crippen LogP contribution in [0.2, 0.25) is 0 Å². The van der Waals surface area contributed by atoms with Gasteiger partial charge in [0.05, 0.1) is 29.0 Å². The zero-order chi connectivity index (χ0) is 20.4. The molecule has 8 heteroatoms. The van der Waals surface area contributed by atoms with E-state index in [2.05, 4.69) is 9.97 Å². The molecule has 0 spiro atoms. The van der Waals surface area contributed by atoms with Gasteiger partial charge in [0, 0.05) is 24.4 Å². The second-order valence-electron chi connectivity index (χ2n) is 6.96. The van der Waals surface area contributed by atoms with E-state index in [4.69, 9.17) is 4.74 Å². The van der Waals surface area contributed by atoms with E-state index in [0.717, 1.165) is 12.0 Å². The Morgan fingerprint density at radius 1 is 1.22 bits per heavy atom. The molecule has 7 nitrogen and oxygen atoms in total. The quantitative estimate of drug-likeness (QED) is 0.718. The monoisotopic (exact) mass is 393 g/mol. The number of hydrogen-bond donors (Lipinski definition) is 0. The molecule has 0 aromatic carbocycles. The minimum Gasteiger partial charge on any atom is -0.463 e. The average Bonchev–Trinajstić information content (AvgIpc) is 2.59. The van der Waals surface area contributed by atoms with E-state index in [9.17, 15) is 13.2 Å². The van der Waals surface area contributed by atoms with Crippen molar-refractivity contribution in [1.82, 2.24) is 14.5 Å². The lowest BCUT2D eigenvalue weighted by Gasteiger charge is -2.15. The third kappa shape index (κ3) is 4.74. The van der Waals surface area contributed by atoms with Crippen molar-refractivity contribution in [3.63, 3.8) is 0 Å². The Balaban J connectivity index is 2.66. The van der Waals surface area contributed by atoms with Crippen LogP contribution < -0.4 is 10.3 Å². The lowest BCUT2D eigenvalue weighted by molar-refractivity contribution is 0.291. The van der Waals surface area contributed by atoms with Crippen molar-refractivity contribution >= 4 is 9.84 Å². The Morgan fingerprint density at radius 2 is 1.89 bits per heavy atom. The van der Waals surface area contributed by atoms with Crippen molar-refractivity contribution in [2.75, 3.05) is 6.61 Å². The topological polar surface area (TPSA) is 91.1 Å². The minimum absolute atomic E-state index is 0.0875. The van der Waals surface area contributed by atoms with E-state index in [1.165, 1.54) is 4.57 Å². The summed E-state index contributed by atoms with van der Waals surface area (Å²) in [4.78, 5) is 20.8. The van der Waals surface area contributed by atoms with Crippen molar-refractivity contribution < 1.29 is 13.2 Å². The molecule has 0 fully saturated rings. The standard InChI is InChI=1S/C19H27N3O4S/c1-7-8-26-19-20-16(11-27(24,25)12(2)3)14(5)17(21-19)15-9-13(4)18(23)22(6)10-15/h9-10,12H,7-8,11H2,1-6H3. The Kier molecular flexibility index (Phi) is 6.41. The van der Waals surface area contributed by atoms with E-state index < -0.39 is 15.1 Å². The number of nitrogens with zero attached hydrogens (tertiary/aromatic N) is 3. The van der Waals surface area contributed by atoms with Crippen LogP contribution in [0.5, 0.6) is 6.01 Å². The van der Waals surface area contributed by atoms with Crippen LogP contribution in [0.25, 0.3) is 11.3 Å². The SMILES string of the molecule is CCCOc1nc(CS(=O)(=O)C(C)C)c(C)c(-c2cc(C)c(=O)n(C)c2)n1. The fourth-order valence-electron chi connectivity index (χ4n) is 2.58. The number of hydrogen-bond acceptors (Lipinski definition) is 6. The lowest BCUT2D eigenvalue weighted by Crippen LogP contribution is -2.20. The summed E-state index contributed by atoms with van der Waals surface area (Å²) in [6.45, 7) is 9.24.